The Balaban J connectivity index is 1.92. The van der Waals surface area contributed by atoms with Gasteiger partial charge in [-0.25, -0.2) is 8.42 Å². The van der Waals surface area contributed by atoms with Gasteiger partial charge in [-0.05, 0) is 61.4 Å². The van der Waals surface area contributed by atoms with Crippen LogP contribution in [0.1, 0.15) is 27.0 Å². The highest BCUT2D eigenvalue weighted by Crippen LogP contribution is 2.29. The lowest BCUT2D eigenvalue weighted by Crippen LogP contribution is -2.22. The van der Waals surface area contributed by atoms with Crippen LogP contribution in [0, 0.1) is 13.8 Å². The number of H-pyrrole nitrogens is 1. The minimum absolute atomic E-state index is 0.166. The summed E-state index contributed by atoms with van der Waals surface area (Å²) in [6.45, 7) is 3.68. The van der Waals surface area contributed by atoms with Crippen molar-refractivity contribution in [1.29, 1.82) is 0 Å². The summed E-state index contributed by atoms with van der Waals surface area (Å²) in [6.07, 6.45) is -4.29. The second-order valence-electron chi connectivity index (χ2n) is 7.13. The van der Waals surface area contributed by atoms with Crippen LogP contribution in [0.5, 0.6) is 0 Å². The van der Waals surface area contributed by atoms with E-state index < -0.39 is 38.9 Å². The van der Waals surface area contributed by atoms with Gasteiger partial charge in [0.2, 0.25) is 0 Å². The number of benzene rings is 2. The third-order valence-corrected chi connectivity index (χ3v) is 6.44. The van der Waals surface area contributed by atoms with Crippen LogP contribution in [-0.4, -0.2) is 19.3 Å². The number of sulfonamides is 1. The van der Waals surface area contributed by atoms with Crippen molar-refractivity contribution >= 4 is 38.9 Å². The molecule has 33 heavy (non-hydrogen) atoms. The molecule has 12 heteroatoms. The summed E-state index contributed by atoms with van der Waals surface area (Å²) in [7, 11) is -4.13. The smallest absolute Gasteiger partial charge is 0.327 e. The Morgan fingerprint density at radius 3 is 2.36 bits per heavy atom. The van der Waals surface area contributed by atoms with Gasteiger partial charge >= 0.3 is 6.18 Å². The van der Waals surface area contributed by atoms with Gasteiger partial charge in [0.25, 0.3) is 21.5 Å². The van der Waals surface area contributed by atoms with E-state index in [0.717, 1.165) is 23.3 Å². The topological polar surface area (TPSA) is 108 Å². The van der Waals surface area contributed by atoms with E-state index in [1.807, 2.05) is 24.1 Å². The molecule has 0 saturated carbocycles. The largest absolute Gasteiger partial charge is 0.417 e. The number of pyridine rings is 1. The van der Waals surface area contributed by atoms with Crippen molar-refractivity contribution in [3.8, 4) is 0 Å². The van der Waals surface area contributed by atoms with E-state index in [4.69, 9.17) is 11.6 Å². The molecule has 0 atom stereocenters. The summed E-state index contributed by atoms with van der Waals surface area (Å²) in [5.41, 5.74) is -1.06. The second-order valence-corrected chi connectivity index (χ2v) is 9.22. The molecule has 1 aromatic heterocycles. The van der Waals surface area contributed by atoms with Gasteiger partial charge in [0.1, 0.15) is 5.69 Å². The summed E-state index contributed by atoms with van der Waals surface area (Å²) < 4.78 is 66.7. The molecule has 1 heterocycles. The van der Waals surface area contributed by atoms with Gasteiger partial charge in [-0.15, -0.1) is 0 Å². The highest BCUT2D eigenvalue weighted by atomic mass is 35.5. The number of amides is 1. The Kier molecular flexibility index (Phi) is 6.57. The van der Waals surface area contributed by atoms with Crippen LogP contribution >= 0.6 is 11.6 Å². The first-order valence-corrected chi connectivity index (χ1v) is 11.1. The van der Waals surface area contributed by atoms with Crippen molar-refractivity contribution in [2.45, 2.75) is 24.9 Å². The molecule has 3 N–H and O–H groups in total. The number of halogens is 4. The molecule has 3 rings (SSSR count). The maximum atomic E-state index is 12.9. The van der Waals surface area contributed by atoms with E-state index in [0.29, 0.717) is 18.0 Å². The first-order chi connectivity index (χ1) is 15.3. The normalized spacial score (nSPS) is 11.8. The Morgan fingerprint density at radius 2 is 1.73 bits per heavy atom. The molecule has 0 aliphatic heterocycles. The number of nitrogens with one attached hydrogen (secondary N) is 3. The predicted molar refractivity (Wildman–Crippen MR) is 118 cm³/mol. The summed E-state index contributed by atoms with van der Waals surface area (Å²) in [5, 5.41) is 1.87. The Hall–Kier alpha value is -3.31. The molecule has 7 nitrogen and oxygen atoms in total. The third-order valence-electron chi connectivity index (χ3n) is 4.73. The van der Waals surface area contributed by atoms with E-state index in [2.05, 4.69) is 4.72 Å². The van der Waals surface area contributed by atoms with E-state index in [1.54, 1.807) is 18.2 Å². The van der Waals surface area contributed by atoms with Gasteiger partial charge in [-0.2, -0.15) is 13.2 Å². The molecule has 0 bridgehead atoms. The Morgan fingerprint density at radius 1 is 1.03 bits per heavy atom. The fourth-order valence-corrected chi connectivity index (χ4v) is 4.07. The highest BCUT2D eigenvalue weighted by Gasteiger charge is 2.31. The SMILES string of the molecule is Cc1ccc(NS(=O)(=O)c2ccc(Cl)c(C(=O)Nc3cc(C(F)(F)F)c[nH]c3=O)c2)cc1C. The number of carbonyl (C=O) groups excluding carboxylic acids is 1. The fraction of sp³-hybridized carbons (Fsp3) is 0.143. The van der Waals surface area contributed by atoms with Crippen LogP contribution in [0.4, 0.5) is 24.5 Å². The number of hydrogen-bond donors (Lipinski definition) is 3. The zero-order valence-electron chi connectivity index (χ0n) is 17.2. The summed E-state index contributed by atoms with van der Waals surface area (Å²) >= 11 is 6.01. The molecule has 174 valence electrons. The van der Waals surface area contributed by atoms with Crippen molar-refractivity contribution in [3.05, 3.63) is 86.3 Å². The first kappa shape index (κ1) is 24.3. The number of aromatic amines is 1. The molecule has 0 unspecified atom stereocenters. The highest BCUT2D eigenvalue weighted by molar-refractivity contribution is 7.92. The second kappa shape index (κ2) is 8.91. The van der Waals surface area contributed by atoms with Gasteiger partial charge < -0.3 is 10.3 Å². The number of alkyl halides is 3. The minimum Gasteiger partial charge on any atom is -0.327 e. The minimum atomic E-state index is -4.75. The molecule has 0 fully saturated rings. The van der Waals surface area contributed by atoms with Crippen LogP contribution < -0.4 is 15.6 Å². The van der Waals surface area contributed by atoms with Crippen LogP contribution in [0.3, 0.4) is 0 Å². The van der Waals surface area contributed by atoms with E-state index in [1.165, 1.54) is 6.07 Å². The predicted octanol–water partition coefficient (Wildman–Crippen LogP) is 4.72. The van der Waals surface area contributed by atoms with Crippen molar-refractivity contribution in [2.24, 2.45) is 0 Å². The lowest BCUT2D eigenvalue weighted by Gasteiger charge is -2.12. The van der Waals surface area contributed by atoms with Gasteiger partial charge in [-0.3, -0.25) is 14.3 Å². The van der Waals surface area contributed by atoms with Crippen LogP contribution in [0.2, 0.25) is 5.02 Å². The summed E-state index contributed by atoms with van der Waals surface area (Å²) in [4.78, 5) is 26.1. The molecule has 0 spiro atoms. The number of aryl methyl sites for hydroxylation is 2. The molecular weight excluding hydrogens is 483 g/mol. The molecule has 3 aromatic rings. The number of rotatable bonds is 5. The lowest BCUT2D eigenvalue weighted by molar-refractivity contribution is -0.137. The lowest BCUT2D eigenvalue weighted by atomic mass is 10.1. The zero-order chi connectivity index (χ0) is 24.6. The molecule has 0 radical (unpaired) electrons. The van der Waals surface area contributed by atoms with Crippen molar-refractivity contribution < 1.29 is 26.4 Å². The molecule has 0 aliphatic carbocycles. The van der Waals surface area contributed by atoms with Crippen molar-refractivity contribution in [3.63, 3.8) is 0 Å². The standard InChI is InChI=1S/C21H17ClF3N3O4S/c1-11-3-4-14(7-12(11)2)28-33(31,32)15-5-6-17(22)16(9-15)19(29)27-18-8-13(21(23,24)25)10-26-20(18)30/h3-10,28H,1-2H3,(H,26,30)(H,27,29). The Labute approximate surface area is 191 Å². The maximum Gasteiger partial charge on any atom is 0.417 e. The quantitative estimate of drug-likeness (QED) is 0.472. The molecular formula is C21H17ClF3N3O4S. The monoisotopic (exact) mass is 499 g/mol. The van der Waals surface area contributed by atoms with E-state index >= 15 is 0 Å². The van der Waals surface area contributed by atoms with Gasteiger partial charge in [-0.1, -0.05) is 17.7 Å². The van der Waals surface area contributed by atoms with Crippen LogP contribution in [-0.2, 0) is 16.2 Å². The number of carbonyl (C=O) groups is 1. The molecule has 1 amide bonds. The maximum absolute atomic E-state index is 12.9. The third kappa shape index (κ3) is 5.55. The molecule has 0 aliphatic rings. The Bertz CT molecular complexity index is 1400. The van der Waals surface area contributed by atoms with Crippen LogP contribution in [0.15, 0.2) is 58.4 Å². The van der Waals surface area contributed by atoms with Gasteiger partial charge in [0.05, 0.1) is 21.0 Å². The number of anilines is 2. The van der Waals surface area contributed by atoms with Crippen LogP contribution in [0.25, 0.3) is 0 Å². The molecule has 2 aromatic carbocycles. The van der Waals surface area contributed by atoms with Gasteiger partial charge in [0.15, 0.2) is 0 Å². The number of aromatic nitrogens is 1. The van der Waals surface area contributed by atoms with Crippen molar-refractivity contribution in [2.75, 3.05) is 10.0 Å². The average Bonchev–Trinajstić information content (AvgIpc) is 2.71. The fourth-order valence-electron chi connectivity index (χ4n) is 2.79. The molecule has 0 saturated heterocycles. The van der Waals surface area contributed by atoms with Crippen molar-refractivity contribution in [1.82, 2.24) is 4.98 Å². The summed E-state index contributed by atoms with van der Waals surface area (Å²) in [6, 6.07) is 8.69. The van der Waals surface area contributed by atoms with Gasteiger partial charge in [0, 0.05) is 11.9 Å². The zero-order valence-corrected chi connectivity index (χ0v) is 18.7. The van der Waals surface area contributed by atoms with E-state index in [-0.39, 0.29) is 15.5 Å². The number of hydrogen-bond acceptors (Lipinski definition) is 4. The summed E-state index contributed by atoms with van der Waals surface area (Å²) in [5.74, 6) is -1.06. The average molecular weight is 500 g/mol. The first-order valence-electron chi connectivity index (χ1n) is 9.29. The van der Waals surface area contributed by atoms with E-state index in [9.17, 15) is 31.2 Å².